The maximum absolute atomic E-state index is 14.1. The van der Waals surface area contributed by atoms with Crippen LogP contribution in [-0.4, -0.2) is 79.6 Å². The predicted octanol–water partition coefficient (Wildman–Crippen LogP) is 4.33. The fourth-order valence-electron chi connectivity index (χ4n) is 6.01. The molecular formula is C36H50N6O5. The zero-order chi connectivity index (χ0) is 34.0. The van der Waals surface area contributed by atoms with Crippen LogP contribution in [0.25, 0.3) is 0 Å². The van der Waals surface area contributed by atoms with Crippen molar-refractivity contribution in [3.05, 3.63) is 84.4 Å². The van der Waals surface area contributed by atoms with E-state index in [1.165, 1.54) is 0 Å². The van der Waals surface area contributed by atoms with Gasteiger partial charge in [-0.1, -0.05) is 74.5 Å². The van der Waals surface area contributed by atoms with Gasteiger partial charge in [-0.2, -0.15) is 0 Å². The van der Waals surface area contributed by atoms with Crippen molar-refractivity contribution >= 4 is 17.9 Å². The van der Waals surface area contributed by atoms with Gasteiger partial charge in [-0.3, -0.25) is 9.59 Å². The van der Waals surface area contributed by atoms with Crippen molar-refractivity contribution in [1.82, 2.24) is 30.3 Å². The molecule has 1 fully saturated rings. The number of rotatable bonds is 13. The molecule has 2 aromatic carbocycles. The molecule has 0 saturated carbocycles. The van der Waals surface area contributed by atoms with Crippen LogP contribution in [0.1, 0.15) is 71.0 Å². The molecule has 1 saturated heterocycles. The van der Waals surface area contributed by atoms with E-state index in [1.807, 2.05) is 84.0 Å². The second-order valence-corrected chi connectivity index (χ2v) is 13.8. The summed E-state index contributed by atoms with van der Waals surface area (Å²) in [6.45, 7) is 10.3. The van der Waals surface area contributed by atoms with Gasteiger partial charge in [0.2, 0.25) is 11.8 Å². The first-order chi connectivity index (χ1) is 22.4. The molecule has 3 amide bonds. The summed E-state index contributed by atoms with van der Waals surface area (Å²) in [5.74, 6) is -1.23. The molecule has 4 unspecified atom stereocenters. The molecule has 47 heavy (non-hydrogen) atoms. The summed E-state index contributed by atoms with van der Waals surface area (Å²) in [7, 11) is 0. The number of aliphatic hydroxyl groups excluding tert-OH is 1. The van der Waals surface area contributed by atoms with Crippen LogP contribution >= 0.6 is 0 Å². The molecule has 2 heterocycles. The van der Waals surface area contributed by atoms with E-state index in [9.17, 15) is 19.5 Å². The summed E-state index contributed by atoms with van der Waals surface area (Å²) < 4.78 is 7.48. The van der Waals surface area contributed by atoms with Crippen LogP contribution in [-0.2, 0) is 27.2 Å². The van der Waals surface area contributed by atoms with E-state index in [0.717, 1.165) is 24.0 Å². The smallest absolute Gasteiger partial charge is 0.407 e. The number of amides is 3. The van der Waals surface area contributed by atoms with Gasteiger partial charge in [0.15, 0.2) is 0 Å². The van der Waals surface area contributed by atoms with Crippen LogP contribution in [0.3, 0.4) is 0 Å². The van der Waals surface area contributed by atoms with Crippen LogP contribution < -0.4 is 10.6 Å². The molecule has 1 aliphatic heterocycles. The second kappa shape index (κ2) is 16.5. The van der Waals surface area contributed by atoms with Gasteiger partial charge < -0.3 is 29.9 Å². The van der Waals surface area contributed by atoms with E-state index in [-0.39, 0.29) is 30.2 Å². The lowest BCUT2D eigenvalue weighted by atomic mass is 9.88. The van der Waals surface area contributed by atoms with Crippen molar-refractivity contribution in [2.45, 2.75) is 96.6 Å². The highest BCUT2D eigenvalue weighted by Gasteiger charge is 2.35. The van der Waals surface area contributed by atoms with Crippen LogP contribution in [0, 0.1) is 11.8 Å². The number of ether oxygens (including phenoxy) is 1. The van der Waals surface area contributed by atoms with Gasteiger partial charge in [0.25, 0.3) is 0 Å². The lowest BCUT2D eigenvalue weighted by Gasteiger charge is -2.36. The van der Waals surface area contributed by atoms with Gasteiger partial charge >= 0.3 is 6.09 Å². The molecule has 0 bridgehead atoms. The number of piperidine rings is 1. The Balaban J connectivity index is 1.50. The number of benzene rings is 2. The molecule has 0 radical (unpaired) electrons. The van der Waals surface area contributed by atoms with E-state index in [4.69, 9.17) is 4.74 Å². The summed E-state index contributed by atoms with van der Waals surface area (Å²) in [4.78, 5) is 42.5. The first-order valence-electron chi connectivity index (χ1n) is 16.6. The summed E-state index contributed by atoms with van der Waals surface area (Å²) in [6, 6.07) is 18.0. The summed E-state index contributed by atoms with van der Waals surface area (Å²) >= 11 is 0. The van der Waals surface area contributed by atoms with Crippen molar-refractivity contribution in [2.75, 3.05) is 13.1 Å². The van der Waals surface area contributed by atoms with E-state index < -0.39 is 35.8 Å². The Morgan fingerprint density at radius 1 is 0.894 bits per heavy atom. The second-order valence-electron chi connectivity index (χ2n) is 13.8. The Morgan fingerprint density at radius 2 is 1.45 bits per heavy atom. The number of aromatic nitrogens is 3. The highest BCUT2D eigenvalue weighted by Crippen LogP contribution is 2.24. The minimum absolute atomic E-state index is 0.0668. The van der Waals surface area contributed by atoms with Crippen LogP contribution in [0.2, 0.25) is 0 Å². The quantitative estimate of drug-likeness (QED) is 0.251. The van der Waals surface area contributed by atoms with Gasteiger partial charge in [0.05, 0.1) is 12.1 Å². The maximum Gasteiger partial charge on any atom is 0.407 e. The number of hydrogen-bond donors (Lipinski definition) is 3. The topological polar surface area (TPSA) is 139 Å². The molecule has 254 valence electrons. The number of alkyl carbamates (subject to hydrolysis) is 1. The minimum atomic E-state index is -1.08. The van der Waals surface area contributed by atoms with E-state index >= 15 is 0 Å². The molecule has 11 nitrogen and oxygen atoms in total. The van der Waals surface area contributed by atoms with Gasteiger partial charge in [0.1, 0.15) is 24.3 Å². The van der Waals surface area contributed by atoms with E-state index in [2.05, 4.69) is 20.8 Å². The normalized spacial score (nSPS) is 16.6. The summed E-state index contributed by atoms with van der Waals surface area (Å²) in [5.41, 5.74) is 1.14. The molecule has 3 aromatic rings. The third-order valence-corrected chi connectivity index (χ3v) is 8.55. The predicted molar refractivity (Wildman–Crippen MR) is 179 cm³/mol. The zero-order valence-electron chi connectivity index (χ0n) is 28.2. The number of aliphatic hydroxyl groups is 1. The van der Waals surface area contributed by atoms with Crippen molar-refractivity contribution in [1.29, 1.82) is 0 Å². The van der Waals surface area contributed by atoms with Crippen molar-refractivity contribution in [2.24, 2.45) is 11.8 Å². The average molecular weight is 647 g/mol. The monoisotopic (exact) mass is 646 g/mol. The number of hydrogen-bond acceptors (Lipinski definition) is 7. The molecule has 0 spiro atoms. The first kappa shape index (κ1) is 35.6. The van der Waals surface area contributed by atoms with Crippen molar-refractivity contribution < 1.29 is 24.2 Å². The molecule has 1 aromatic heterocycles. The Bertz CT molecular complexity index is 1400. The number of carbonyl (C=O) groups excluding carboxylic acids is 3. The Morgan fingerprint density at radius 3 is 1.98 bits per heavy atom. The van der Waals surface area contributed by atoms with Gasteiger partial charge in [-0.25, -0.2) is 4.79 Å². The number of likely N-dealkylation sites (tertiary alicyclic amines) is 1. The zero-order valence-corrected chi connectivity index (χ0v) is 28.2. The number of nitrogens with zero attached hydrogens (tertiary/aromatic N) is 4. The lowest BCUT2D eigenvalue weighted by Crippen LogP contribution is -2.54. The van der Waals surface area contributed by atoms with E-state index in [0.29, 0.717) is 25.9 Å². The van der Waals surface area contributed by atoms with Gasteiger partial charge in [-0.05, 0) is 69.9 Å². The number of nitrogens with one attached hydrogen (secondary N) is 2. The highest BCUT2D eigenvalue weighted by atomic mass is 16.6. The van der Waals surface area contributed by atoms with Crippen molar-refractivity contribution in [3.8, 4) is 0 Å². The Kier molecular flexibility index (Phi) is 12.5. The Labute approximate surface area is 278 Å². The third-order valence-electron chi connectivity index (χ3n) is 8.55. The third kappa shape index (κ3) is 10.9. The molecule has 4 rings (SSSR count). The average Bonchev–Trinajstić information content (AvgIpc) is 3.58. The SMILES string of the molecule is CC(C)C(NC(=O)C(Cc1ccccc1)CC(O)C(Cc1ccccc1)NC(=O)OC(C)(C)C)C(=O)N1CCC(n2cnnc2)CC1. The molecule has 3 N–H and O–H groups in total. The maximum atomic E-state index is 14.1. The Hall–Kier alpha value is -4.25. The molecule has 4 atom stereocenters. The van der Waals surface area contributed by atoms with Crippen molar-refractivity contribution in [3.63, 3.8) is 0 Å². The molecule has 11 heteroatoms. The summed E-state index contributed by atoms with van der Waals surface area (Å²) in [5, 5.41) is 25.4. The van der Waals surface area contributed by atoms with Crippen LogP contribution in [0.15, 0.2) is 73.3 Å². The lowest BCUT2D eigenvalue weighted by molar-refractivity contribution is -0.140. The molecule has 0 aliphatic carbocycles. The highest BCUT2D eigenvalue weighted by molar-refractivity contribution is 5.89. The fourth-order valence-corrected chi connectivity index (χ4v) is 6.01. The minimum Gasteiger partial charge on any atom is -0.444 e. The van der Waals surface area contributed by atoms with Gasteiger partial charge in [0, 0.05) is 25.0 Å². The van der Waals surface area contributed by atoms with Crippen LogP contribution in [0.5, 0.6) is 0 Å². The summed E-state index contributed by atoms with van der Waals surface area (Å²) in [6.07, 6.45) is 4.01. The largest absolute Gasteiger partial charge is 0.444 e. The van der Waals surface area contributed by atoms with Crippen LogP contribution in [0.4, 0.5) is 4.79 Å². The van der Waals surface area contributed by atoms with Gasteiger partial charge in [-0.15, -0.1) is 10.2 Å². The fraction of sp³-hybridized carbons (Fsp3) is 0.528. The molecule has 1 aliphatic rings. The standard InChI is InChI=1S/C36H50N6O5/c1-25(2)32(34(45)41-18-16-29(17-19-41)42-23-37-38-24-42)40-33(44)28(20-26-12-8-6-9-13-26)22-31(43)30(21-27-14-10-7-11-15-27)39-35(46)47-36(3,4)5/h6-15,23-25,28-32,43H,16-22H2,1-5H3,(H,39,46)(H,40,44). The van der Waals surface area contributed by atoms with E-state index in [1.54, 1.807) is 33.4 Å². The number of carbonyl (C=O) groups is 3. The molecular weight excluding hydrogens is 596 g/mol. The first-order valence-corrected chi connectivity index (χ1v) is 16.6.